The number of nitrogen functional groups attached to an aromatic ring is 1. The van der Waals surface area contributed by atoms with Gasteiger partial charge >= 0.3 is 0 Å². The molecule has 1 amide bonds. The Morgan fingerprint density at radius 2 is 2.09 bits per heavy atom. The number of aromatic nitrogens is 2. The summed E-state index contributed by atoms with van der Waals surface area (Å²) in [4.78, 5) is 21.5. The molecule has 0 spiro atoms. The number of ether oxygens (including phenoxy) is 1. The van der Waals surface area contributed by atoms with Gasteiger partial charge in [0.15, 0.2) is 0 Å². The molecule has 2 rings (SSSR count). The molecule has 0 saturated heterocycles. The van der Waals surface area contributed by atoms with Gasteiger partial charge in [-0.2, -0.15) is 0 Å². The van der Waals surface area contributed by atoms with Crippen molar-refractivity contribution in [1.29, 1.82) is 0 Å². The minimum Gasteiger partial charge on any atom is -0.491 e. The van der Waals surface area contributed by atoms with Crippen LogP contribution in [0.3, 0.4) is 0 Å². The molecule has 1 aromatic heterocycles. The van der Waals surface area contributed by atoms with Crippen LogP contribution in [0, 0.1) is 0 Å². The van der Waals surface area contributed by atoms with Crippen LogP contribution >= 0.6 is 0 Å². The van der Waals surface area contributed by atoms with Crippen molar-refractivity contribution in [2.45, 2.75) is 0 Å². The molecular weight excluding hydrogens is 282 g/mol. The lowest BCUT2D eigenvalue weighted by Gasteiger charge is -2.14. The van der Waals surface area contributed by atoms with Crippen molar-refractivity contribution in [2.24, 2.45) is 5.73 Å². The minimum absolute atomic E-state index is 0.187. The number of benzene rings is 1. The van der Waals surface area contributed by atoms with Crippen LogP contribution in [0.2, 0.25) is 0 Å². The molecule has 0 aliphatic carbocycles. The highest BCUT2D eigenvalue weighted by atomic mass is 16.5. The number of rotatable bonds is 6. The molecule has 0 atom stereocenters. The second kappa shape index (κ2) is 6.86. The van der Waals surface area contributed by atoms with Crippen molar-refractivity contribution in [1.82, 2.24) is 14.9 Å². The van der Waals surface area contributed by atoms with Crippen molar-refractivity contribution in [3.8, 4) is 17.0 Å². The van der Waals surface area contributed by atoms with E-state index in [4.69, 9.17) is 16.2 Å². The molecule has 1 heterocycles. The summed E-state index contributed by atoms with van der Waals surface area (Å²) < 4.78 is 5.68. The van der Waals surface area contributed by atoms with Crippen molar-refractivity contribution < 1.29 is 9.53 Å². The Balaban J connectivity index is 2.32. The maximum Gasteiger partial charge on any atom is 0.252 e. The Morgan fingerprint density at radius 3 is 2.73 bits per heavy atom. The molecular formula is C15H19N5O2. The normalized spacial score (nSPS) is 10.7. The van der Waals surface area contributed by atoms with Gasteiger partial charge < -0.3 is 21.1 Å². The maximum absolute atomic E-state index is 11.5. The van der Waals surface area contributed by atoms with Gasteiger partial charge in [0.2, 0.25) is 5.95 Å². The third-order valence-corrected chi connectivity index (χ3v) is 3.01. The topological polar surface area (TPSA) is 107 Å². The minimum atomic E-state index is -0.534. The Kier molecular flexibility index (Phi) is 4.90. The average molecular weight is 301 g/mol. The van der Waals surface area contributed by atoms with Crippen LogP contribution in [-0.4, -0.2) is 48.0 Å². The summed E-state index contributed by atoms with van der Waals surface area (Å²) in [6, 6.07) is 6.85. The molecule has 4 N–H and O–H groups in total. The van der Waals surface area contributed by atoms with Crippen LogP contribution in [0.25, 0.3) is 11.3 Å². The number of anilines is 1. The van der Waals surface area contributed by atoms with Gasteiger partial charge in [-0.1, -0.05) is 6.07 Å². The van der Waals surface area contributed by atoms with E-state index in [1.165, 1.54) is 0 Å². The zero-order valence-corrected chi connectivity index (χ0v) is 12.6. The number of primary amides is 1. The van der Waals surface area contributed by atoms with Crippen LogP contribution in [0.4, 0.5) is 5.95 Å². The monoisotopic (exact) mass is 301 g/mol. The van der Waals surface area contributed by atoms with E-state index in [2.05, 4.69) is 9.97 Å². The SMILES string of the molecule is CN(C)CCOc1cc(-c2ccnc(N)n2)ccc1C(N)=O. The summed E-state index contributed by atoms with van der Waals surface area (Å²) in [5.41, 5.74) is 12.7. The van der Waals surface area contributed by atoms with E-state index in [0.29, 0.717) is 23.6 Å². The summed E-state index contributed by atoms with van der Waals surface area (Å²) in [6.45, 7) is 1.17. The Morgan fingerprint density at radius 1 is 1.32 bits per heavy atom. The zero-order chi connectivity index (χ0) is 16.1. The molecule has 0 saturated carbocycles. The number of likely N-dealkylation sites (N-methyl/N-ethyl adjacent to an activating group) is 1. The molecule has 0 radical (unpaired) electrons. The highest BCUT2D eigenvalue weighted by Crippen LogP contribution is 2.26. The predicted octanol–water partition coefficient (Wildman–Crippen LogP) is 0.765. The Hall–Kier alpha value is -2.67. The highest BCUT2D eigenvalue weighted by molar-refractivity contribution is 5.96. The van der Waals surface area contributed by atoms with E-state index in [1.54, 1.807) is 30.5 Å². The van der Waals surface area contributed by atoms with E-state index in [9.17, 15) is 4.79 Å². The number of carbonyl (C=O) groups is 1. The fourth-order valence-electron chi connectivity index (χ4n) is 1.88. The molecule has 22 heavy (non-hydrogen) atoms. The van der Waals surface area contributed by atoms with E-state index in [-0.39, 0.29) is 5.95 Å². The van der Waals surface area contributed by atoms with Crippen LogP contribution in [0.15, 0.2) is 30.5 Å². The fraction of sp³-hybridized carbons (Fsp3) is 0.267. The van der Waals surface area contributed by atoms with E-state index in [1.807, 2.05) is 19.0 Å². The summed E-state index contributed by atoms with van der Waals surface area (Å²) in [7, 11) is 3.89. The van der Waals surface area contributed by atoms with E-state index in [0.717, 1.165) is 12.1 Å². The third kappa shape index (κ3) is 3.92. The number of nitrogens with zero attached hydrogens (tertiary/aromatic N) is 3. The molecule has 0 bridgehead atoms. The first kappa shape index (κ1) is 15.7. The van der Waals surface area contributed by atoms with Gasteiger partial charge in [-0.25, -0.2) is 9.97 Å². The van der Waals surface area contributed by atoms with Crippen molar-refractivity contribution in [3.05, 3.63) is 36.0 Å². The first-order valence-corrected chi connectivity index (χ1v) is 6.77. The summed E-state index contributed by atoms with van der Waals surface area (Å²) in [6.07, 6.45) is 1.58. The summed E-state index contributed by atoms with van der Waals surface area (Å²) in [5, 5.41) is 0. The second-order valence-corrected chi connectivity index (χ2v) is 5.03. The largest absolute Gasteiger partial charge is 0.491 e. The van der Waals surface area contributed by atoms with Crippen molar-refractivity contribution in [2.75, 3.05) is 33.0 Å². The highest BCUT2D eigenvalue weighted by Gasteiger charge is 2.12. The zero-order valence-electron chi connectivity index (χ0n) is 12.6. The molecule has 0 fully saturated rings. The van der Waals surface area contributed by atoms with Gasteiger partial charge in [0.1, 0.15) is 12.4 Å². The molecule has 2 aromatic rings. The van der Waals surface area contributed by atoms with Crippen LogP contribution in [-0.2, 0) is 0 Å². The molecule has 7 nitrogen and oxygen atoms in total. The van der Waals surface area contributed by atoms with E-state index < -0.39 is 5.91 Å². The number of amides is 1. The van der Waals surface area contributed by atoms with Gasteiger partial charge in [0.25, 0.3) is 5.91 Å². The number of carbonyl (C=O) groups excluding carboxylic acids is 1. The average Bonchev–Trinajstić information content (AvgIpc) is 2.46. The third-order valence-electron chi connectivity index (χ3n) is 3.01. The lowest BCUT2D eigenvalue weighted by atomic mass is 10.1. The Labute approximate surface area is 128 Å². The smallest absolute Gasteiger partial charge is 0.252 e. The maximum atomic E-state index is 11.5. The molecule has 0 aliphatic heterocycles. The van der Waals surface area contributed by atoms with Gasteiger partial charge in [0.05, 0.1) is 11.3 Å². The van der Waals surface area contributed by atoms with Crippen molar-refractivity contribution >= 4 is 11.9 Å². The van der Waals surface area contributed by atoms with E-state index >= 15 is 0 Å². The fourth-order valence-corrected chi connectivity index (χ4v) is 1.88. The van der Waals surface area contributed by atoms with Gasteiger partial charge in [0, 0.05) is 18.3 Å². The number of hydrogen-bond donors (Lipinski definition) is 2. The first-order chi connectivity index (χ1) is 10.5. The molecule has 0 aliphatic rings. The number of nitrogens with two attached hydrogens (primary N) is 2. The van der Waals surface area contributed by atoms with Crippen molar-refractivity contribution in [3.63, 3.8) is 0 Å². The summed E-state index contributed by atoms with van der Waals surface area (Å²) >= 11 is 0. The second-order valence-electron chi connectivity index (χ2n) is 5.03. The van der Waals surface area contributed by atoms with Crippen LogP contribution in [0.5, 0.6) is 5.75 Å². The lowest BCUT2D eigenvalue weighted by molar-refractivity contribution is 0.0996. The molecule has 7 heteroatoms. The molecule has 1 aromatic carbocycles. The summed E-state index contributed by atoms with van der Waals surface area (Å²) in [5.74, 6) is 0.0872. The standard InChI is InChI=1S/C15H19N5O2/c1-20(2)7-8-22-13-9-10(3-4-11(13)14(16)21)12-5-6-18-15(17)19-12/h3-6,9H,7-8H2,1-2H3,(H2,16,21)(H2,17,18,19). The van der Waals surface area contributed by atoms with Gasteiger partial charge in [-0.05, 0) is 32.3 Å². The van der Waals surface area contributed by atoms with Crippen LogP contribution in [0.1, 0.15) is 10.4 Å². The lowest BCUT2D eigenvalue weighted by Crippen LogP contribution is -2.21. The van der Waals surface area contributed by atoms with Gasteiger partial charge in [-0.15, -0.1) is 0 Å². The molecule has 0 unspecified atom stereocenters. The quantitative estimate of drug-likeness (QED) is 0.816. The van der Waals surface area contributed by atoms with Gasteiger partial charge in [-0.3, -0.25) is 4.79 Å². The first-order valence-electron chi connectivity index (χ1n) is 6.77. The number of hydrogen-bond acceptors (Lipinski definition) is 6. The Bertz CT molecular complexity index is 673. The van der Waals surface area contributed by atoms with Crippen LogP contribution < -0.4 is 16.2 Å². The molecule has 116 valence electrons. The predicted molar refractivity (Wildman–Crippen MR) is 84.4 cm³/mol.